The highest BCUT2D eigenvalue weighted by Gasteiger charge is 2.28. The highest BCUT2D eigenvalue weighted by Crippen LogP contribution is 2.09. The van der Waals surface area contributed by atoms with Crippen LogP contribution >= 0.6 is 12.4 Å². The lowest BCUT2D eigenvalue weighted by Crippen LogP contribution is -2.56. The molecule has 1 fully saturated rings. The number of urea groups is 1. The lowest BCUT2D eigenvalue weighted by molar-refractivity contribution is -0.134. The molecule has 25 heavy (non-hydrogen) atoms. The number of amides is 3. The number of carbonyl (C=O) groups excluding carboxylic acids is 2. The molecular formula is C18H29ClN4O2. The Morgan fingerprint density at radius 1 is 1.04 bits per heavy atom. The molecule has 1 aromatic carbocycles. The summed E-state index contributed by atoms with van der Waals surface area (Å²) in [4.78, 5) is 30.2. The summed E-state index contributed by atoms with van der Waals surface area (Å²) in [5, 5.41) is 0. The highest BCUT2D eigenvalue weighted by atomic mass is 35.5. The highest BCUT2D eigenvalue weighted by molar-refractivity contribution is 5.85. The van der Waals surface area contributed by atoms with Gasteiger partial charge in [-0.2, -0.15) is 0 Å². The number of nitrogens with zero attached hydrogens (tertiary/aromatic N) is 3. The van der Waals surface area contributed by atoms with Crippen molar-refractivity contribution >= 4 is 24.3 Å². The molecule has 1 heterocycles. The smallest absolute Gasteiger partial charge is 0.320 e. The van der Waals surface area contributed by atoms with Gasteiger partial charge < -0.3 is 20.4 Å². The summed E-state index contributed by atoms with van der Waals surface area (Å²) in [5.41, 5.74) is 7.15. The van der Waals surface area contributed by atoms with Gasteiger partial charge in [0.05, 0.1) is 6.04 Å². The maximum absolute atomic E-state index is 12.5. The molecular weight excluding hydrogens is 340 g/mol. The Kier molecular flexibility index (Phi) is 8.72. The molecule has 1 aliphatic heterocycles. The van der Waals surface area contributed by atoms with Crippen molar-refractivity contribution in [1.29, 1.82) is 0 Å². The summed E-state index contributed by atoms with van der Waals surface area (Å²) in [5.74, 6) is -0.0335. The Bertz CT molecular complexity index is 543. The monoisotopic (exact) mass is 368 g/mol. The van der Waals surface area contributed by atoms with E-state index in [9.17, 15) is 9.59 Å². The summed E-state index contributed by atoms with van der Waals surface area (Å²) in [6, 6.07) is 9.33. The van der Waals surface area contributed by atoms with Crippen LogP contribution in [0.5, 0.6) is 0 Å². The molecule has 2 rings (SSSR count). The first-order valence-electron chi connectivity index (χ1n) is 8.69. The Morgan fingerprint density at radius 2 is 1.56 bits per heavy atom. The maximum atomic E-state index is 12.5. The molecule has 1 aliphatic rings. The fourth-order valence-electron chi connectivity index (χ4n) is 3.00. The molecule has 0 spiro atoms. The molecule has 6 nitrogen and oxygen atoms in total. The number of nitrogens with two attached hydrogens (primary N) is 1. The molecule has 0 radical (unpaired) electrons. The van der Waals surface area contributed by atoms with E-state index in [2.05, 4.69) is 0 Å². The third kappa shape index (κ3) is 5.61. The number of halogens is 1. The number of piperazine rings is 1. The third-order valence-corrected chi connectivity index (χ3v) is 4.51. The van der Waals surface area contributed by atoms with E-state index in [0.29, 0.717) is 45.7 Å². The summed E-state index contributed by atoms with van der Waals surface area (Å²) < 4.78 is 0. The van der Waals surface area contributed by atoms with Crippen LogP contribution in [0.4, 0.5) is 4.79 Å². The number of hydrogen-bond donors (Lipinski definition) is 1. The minimum Gasteiger partial charge on any atom is -0.338 e. The van der Waals surface area contributed by atoms with E-state index < -0.39 is 6.04 Å². The minimum atomic E-state index is -0.530. The van der Waals surface area contributed by atoms with Gasteiger partial charge >= 0.3 is 6.03 Å². The molecule has 1 atom stereocenters. The van der Waals surface area contributed by atoms with Gasteiger partial charge in [-0.3, -0.25) is 4.79 Å². The fourth-order valence-corrected chi connectivity index (χ4v) is 3.00. The maximum Gasteiger partial charge on any atom is 0.320 e. The Hall–Kier alpha value is -1.79. The van der Waals surface area contributed by atoms with E-state index in [-0.39, 0.29) is 24.3 Å². The van der Waals surface area contributed by atoms with Crippen LogP contribution in [0.2, 0.25) is 0 Å². The lowest BCUT2D eigenvalue weighted by Gasteiger charge is -2.38. The quantitative estimate of drug-likeness (QED) is 0.857. The molecule has 1 aromatic rings. The van der Waals surface area contributed by atoms with E-state index in [1.165, 1.54) is 0 Å². The SMILES string of the molecule is CCN(CC)C(=O)N1CCN(C(=O)[C@@H](N)Cc2ccccc2)CC1.Cl. The molecule has 0 aromatic heterocycles. The van der Waals surface area contributed by atoms with Crippen LogP contribution in [0, 0.1) is 0 Å². The van der Waals surface area contributed by atoms with Crippen molar-refractivity contribution in [3.8, 4) is 0 Å². The zero-order valence-electron chi connectivity index (χ0n) is 15.1. The second kappa shape index (κ2) is 10.3. The molecule has 1 saturated heterocycles. The molecule has 7 heteroatoms. The predicted octanol–water partition coefficient (Wildman–Crippen LogP) is 1.58. The van der Waals surface area contributed by atoms with Crippen LogP contribution in [-0.4, -0.2) is 71.9 Å². The second-order valence-electron chi connectivity index (χ2n) is 6.06. The van der Waals surface area contributed by atoms with Gasteiger partial charge in [-0.15, -0.1) is 12.4 Å². The van der Waals surface area contributed by atoms with E-state index in [0.717, 1.165) is 5.56 Å². The Labute approximate surface area is 156 Å². The first-order valence-corrected chi connectivity index (χ1v) is 8.69. The van der Waals surface area contributed by atoms with Crippen molar-refractivity contribution in [2.24, 2.45) is 5.73 Å². The third-order valence-electron chi connectivity index (χ3n) is 4.51. The summed E-state index contributed by atoms with van der Waals surface area (Å²) in [6.45, 7) is 7.60. The first kappa shape index (κ1) is 21.3. The van der Waals surface area contributed by atoms with Crippen molar-refractivity contribution in [2.75, 3.05) is 39.3 Å². The lowest BCUT2D eigenvalue weighted by atomic mass is 10.1. The summed E-state index contributed by atoms with van der Waals surface area (Å²) in [6.07, 6.45) is 0.540. The van der Waals surface area contributed by atoms with Crippen molar-refractivity contribution in [3.05, 3.63) is 35.9 Å². The van der Waals surface area contributed by atoms with E-state index in [4.69, 9.17) is 5.73 Å². The van der Waals surface area contributed by atoms with Crippen molar-refractivity contribution in [2.45, 2.75) is 26.3 Å². The number of benzene rings is 1. The molecule has 0 saturated carbocycles. The fraction of sp³-hybridized carbons (Fsp3) is 0.556. The van der Waals surface area contributed by atoms with Crippen molar-refractivity contribution in [3.63, 3.8) is 0 Å². The van der Waals surface area contributed by atoms with Crippen LogP contribution in [0.1, 0.15) is 19.4 Å². The predicted molar refractivity (Wildman–Crippen MR) is 102 cm³/mol. The van der Waals surface area contributed by atoms with Gasteiger partial charge in [-0.25, -0.2) is 4.79 Å². The standard InChI is InChI=1S/C18H28N4O2.ClH/c1-3-20(4-2)18(24)22-12-10-21(11-13-22)17(23)16(19)14-15-8-6-5-7-9-15;/h5-9,16H,3-4,10-14,19H2,1-2H3;1H/t16-;/m0./s1. The van der Waals surface area contributed by atoms with Gasteiger partial charge in [-0.1, -0.05) is 30.3 Å². The Morgan fingerprint density at radius 3 is 2.08 bits per heavy atom. The van der Waals surface area contributed by atoms with Crippen LogP contribution < -0.4 is 5.73 Å². The van der Waals surface area contributed by atoms with Gasteiger partial charge in [0, 0.05) is 39.3 Å². The molecule has 3 amide bonds. The largest absolute Gasteiger partial charge is 0.338 e. The van der Waals surface area contributed by atoms with Crippen LogP contribution in [0.15, 0.2) is 30.3 Å². The minimum absolute atomic E-state index is 0. The van der Waals surface area contributed by atoms with Gasteiger partial charge in [0.2, 0.25) is 5.91 Å². The molecule has 140 valence electrons. The topological polar surface area (TPSA) is 69.9 Å². The van der Waals surface area contributed by atoms with Gasteiger partial charge in [0.25, 0.3) is 0 Å². The molecule has 0 bridgehead atoms. The molecule has 0 aliphatic carbocycles. The van der Waals surface area contributed by atoms with E-state index in [1.807, 2.05) is 49.1 Å². The number of hydrogen-bond acceptors (Lipinski definition) is 3. The van der Waals surface area contributed by atoms with Crippen LogP contribution in [0.3, 0.4) is 0 Å². The Balaban J connectivity index is 0.00000312. The zero-order chi connectivity index (χ0) is 17.5. The summed E-state index contributed by atoms with van der Waals surface area (Å²) in [7, 11) is 0. The van der Waals surface area contributed by atoms with Crippen LogP contribution in [-0.2, 0) is 11.2 Å². The molecule has 0 unspecified atom stereocenters. The number of rotatable bonds is 5. The van der Waals surface area contributed by atoms with Crippen LogP contribution in [0.25, 0.3) is 0 Å². The van der Waals surface area contributed by atoms with Crippen molar-refractivity contribution < 1.29 is 9.59 Å². The zero-order valence-corrected chi connectivity index (χ0v) is 15.9. The van der Waals surface area contributed by atoms with Crippen molar-refractivity contribution in [1.82, 2.24) is 14.7 Å². The second-order valence-corrected chi connectivity index (χ2v) is 6.06. The van der Waals surface area contributed by atoms with E-state index >= 15 is 0 Å². The van der Waals surface area contributed by atoms with Gasteiger partial charge in [0.15, 0.2) is 0 Å². The van der Waals surface area contributed by atoms with Gasteiger partial charge in [0.1, 0.15) is 0 Å². The molecule has 2 N–H and O–H groups in total. The average molecular weight is 369 g/mol. The average Bonchev–Trinajstić information content (AvgIpc) is 2.63. The normalized spacial score (nSPS) is 15.3. The van der Waals surface area contributed by atoms with Gasteiger partial charge in [-0.05, 0) is 25.8 Å². The summed E-state index contributed by atoms with van der Waals surface area (Å²) >= 11 is 0. The van der Waals surface area contributed by atoms with E-state index in [1.54, 1.807) is 9.80 Å². The number of carbonyl (C=O) groups is 2. The first-order chi connectivity index (χ1) is 11.6.